The van der Waals surface area contributed by atoms with Crippen molar-refractivity contribution in [1.29, 1.82) is 0 Å². The molecular formula is C12H17N3O2S. The Hall–Kier alpha value is -1.14. The van der Waals surface area contributed by atoms with Gasteiger partial charge in [0, 0.05) is 24.4 Å². The summed E-state index contributed by atoms with van der Waals surface area (Å²) in [7, 11) is 0. The second kappa shape index (κ2) is 4.20. The zero-order chi connectivity index (χ0) is 12.8. The molecule has 2 fully saturated rings. The maximum absolute atomic E-state index is 12.2. The lowest BCUT2D eigenvalue weighted by Crippen LogP contribution is -2.44. The van der Waals surface area contributed by atoms with Crippen molar-refractivity contribution in [3.05, 3.63) is 11.1 Å². The van der Waals surface area contributed by atoms with Crippen molar-refractivity contribution in [3.63, 3.8) is 0 Å². The summed E-state index contributed by atoms with van der Waals surface area (Å²) in [6, 6.07) is 0. The minimum Gasteiger partial charge on any atom is -0.390 e. The summed E-state index contributed by atoms with van der Waals surface area (Å²) < 4.78 is 0. The number of anilines is 1. The van der Waals surface area contributed by atoms with Crippen LogP contribution in [0, 0.1) is 5.92 Å². The second-order valence-electron chi connectivity index (χ2n) is 5.26. The third kappa shape index (κ3) is 2.10. The summed E-state index contributed by atoms with van der Waals surface area (Å²) in [6.45, 7) is 1.40. The van der Waals surface area contributed by atoms with E-state index in [1.165, 1.54) is 11.3 Å². The average molecular weight is 267 g/mol. The molecule has 3 N–H and O–H groups in total. The van der Waals surface area contributed by atoms with Crippen LogP contribution in [-0.4, -0.2) is 39.6 Å². The van der Waals surface area contributed by atoms with Gasteiger partial charge in [-0.2, -0.15) is 0 Å². The fourth-order valence-corrected chi connectivity index (χ4v) is 3.22. The van der Waals surface area contributed by atoms with Crippen LogP contribution in [0.2, 0.25) is 0 Å². The first kappa shape index (κ1) is 11.9. The number of aromatic nitrogens is 1. The van der Waals surface area contributed by atoms with Gasteiger partial charge in [0.15, 0.2) is 5.13 Å². The van der Waals surface area contributed by atoms with E-state index in [0.717, 1.165) is 32.2 Å². The number of hydrogen-bond donors (Lipinski definition) is 2. The zero-order valence-electron chi connectivity index (χ0n) is 10.1. The molecule has 0 spiro atoms. The molecule has 1 aromatic heterocycles. The molecule has 1 saturated heterocycles. The number of carbonyl (C=O) groups excluding carboxylic acids is 1. The smallest absolute Gasteiger partial charge is 0.273 e. The van der Waals surface area contributed by atoms with Crippen LogP contribution in [0.25, 0.3) is 0 Å². The van der Waals surface area contributed by atoms with E-state index in [1.807, 2.05) is 0 Å². The maximum atomic E-state index is 12.2. The third-order valence-corrected chi connectivity index (χ3v) is 4.65. The molecule has 18 heavy (non-hydrogen) atoms. The number of carbonyl (C=O) groups is 1. The van der Waals surface area contributed by atoms with Crippen LogP contribution in [0.15, 0.2) is 5.38 Å². The first-order valence-electron chi connectivity index (χ1n) is 6.31. The number of hydrogen-bond acceptors (Lipinski definition) is 5. The lowest BCUT2D eigenvalue weighted by molar-refractivity contribution is 0.0280. The summed E-state index contributed by atoms with van der Waals surface area (Å²) >= 11 is 1.29. The fraction of sp³-hybridized carbons (Fsp3) is 0.667. The van der Waals surface area contributed by atoms with Gasteiger partial charge < -0.3 is 15.7 Å². The van der Waals surface area contributed by atoms with Crippen molar-refractivity contribution in [3.8, 4) is 0 Å². The second-order valence-corrected chi connectivity index (χ2v) is 6.15. The number of amides is 1. The minimum atomic E-state index is -0.500. The molecule has 1 amide bonds. The zero-order valence-corrected chi connectivity index (χ0v) is 10.9. The van der Waals surface area contributed by atoms with Crippen molar-refractivity contribution in [2.75, 3.05) is 18.8 Å². The SMILES string of the molecule is Nc1nc(C(=O)N2CCCC(C3(O)CC3)C2)cs1. The van der Waals surface area contributed by atoms with E-state index in [1.54, 1.807) is 10.3 Å². The number of likely N-dealkylation sites (tertiary alicyclic amines) is 1. The summed E-state index contributed by atoms with van der Waals surface area (Å²) in [5.74, 6) is 0.170. The Labute approximate surface area is 110 Å². The monoisotopic (exact) mass is 267 g/mol. The number of thiazole rings is 1. The van der Waals surface area contributed by atoms with Gasteiger partial charge in [0.05, 0.1) is 5.60 Å². The highest BCUT2D eigenvalue weighted by molar-refractivity contribution is 7.13. The lowest BCUT2D eigenvalue weighted by atomic mass is 9.90. The van der Waals surface area contributed by atoms with E-state index in [-0.39, 0.29) is 11.8 Å². The van der Waals surface area contributed by atoms with E-state index >= 15 is 0 Å². The number of nitrogens with two attached hydrogens (primary N) is 1. The van der Waals surface area contributed by atoms with Gasteiger partial charge in [-0.05, 0) is 25.7 Å². The van der Waals surface area contributed by atoms with E-state index in [9.17, 15) is 9.90 Å². The molecule has 0 aromatic carbocycles. The summed E-state index contributed by atoms with van der Waals surface area (Å²) in [5.41, 5.74) is 5.48. The molecule has 0 bridgehead atoms. The highest BCUT2D eigenvalue weighted by atomic mass is 32.1. The van der Waals surface area contributed by atoms with Crippen LogP contribution < -0.4 is 5.73 Å². The number of nitrogens with zero attached hydrogens (tertiary/aromatic N) is 2. The lowest BCUT2D eigenvalue weighted by Gasteiger charge is -2.35. The van der Waals surface area contributed by atoms with Crippen LogP contribution in [0.3, 0.4) is 0 Å². The Morgan fingerprint density at radius 2 is 2.39 bits per heavy atom. The molecule has 1 atom stereocenters. The van der Waals surface area contributed by atoms with Crippen molar-refractivity contribution in [2.45, 2.75) is 31.3 Å². The molecule has 3 rings (SSSR count). The van der Waals surface area contributed by atoms with Crippen LogP contribution in [0.1, 0.15) is 36.2 Å². The van der Waals surface area contributed by atoms with E-state index < -0.39 is 5.60 Å². The van der Waals surface area contributed by atoms with E-state index in [2.05, 4.69) is 4.98 Å². The molecule has 2 aliphatic rings. The molecule has 98 valence electrons. The summed E-state index contributed by atoms with van der Waals surface area (Å²) in [6.07, 6.45) is 3.73. The van der Waals surface area contributed by atoms with Crippen LogP contribution in [-0.2, 0) is 0 Å². The van der Waals surface area contributed by atoms with Crippen molar-refractivity contribution < 1.29 is 9.90 Å². The molecule has 6 heteroatoms. The fourth-order valence-electron chi connectivity index (χ4n) is 2.68. The van der Waals surface area contributed by atoms with Crippen LogP contribution in [0.4, 0.5) is 5.13 Å². The normalized spacial score (nSPS) is 26.1. The topological polar surface area (TPSA) is 79.5 Å². The first-order chi connectivity index (χ1) is 8.58. The average Bonchev–Trinajstić information content (AvgIpc) is 2.98. The van der Waals surface area contributed by atoms with Gasteiger partial charge in [0.25, 0.3) is 5.91 Å². The predicted octanol–water partition coefficient (Wildman–Crippen LogP) is 1.10. The van der Waals surface area contributed by atoms with Gasteiger partial charge in [-0.25, -0.2) is 4.98 Å². The van der Waals surface area contributed by atoms with Crippen molar-refractivity contribution in [1.82, 2.24) is 9.88 Å². The molecule has 1 saturated carbocycles. The van der Waals surface area contributed by atoms with Crippen LogP contribution in [0.5, 0.6) is 0 Å². The largest absolute Gasteiger partial charge is 0.390 e. The number of rotatable bonds is 2. The molecule has 5 nitrogen and oxygen atoms in total. The Morgan fingerprint density at radius 1 is 1.61 bits per heavy atom. The number of aliphatic hydroxyl groups is 1. The van der Waals surface area contributed by atoms with Gasteiger partial charge in [-0.15, -0.1) is 11.3 Å². The van der Waals surface area contributed by atoms with Crippen molar-refractivity contribution in [2.24, 2.45) is 5.92 Å². The summed E-state index contributed by atoms with van der Waals surface area (Å²) in [5, 5.41) is 12.3. The van der Waals surface area contributed by atoms with Gasteiger partial charge in [0.2, 0.25) is 0 Å². The Morgan fingerprint density at radius 3 is 3.00 bits per heavy atom. The quantitative estimate of drug-likeness (QED) is 0.841. The highest BCUT2D eigenvalue weighted by Crippen LogP contribution is 2.45. The predicted molar refractivity (Wildman–Crippen MR) is 69.3 cm³/mol. The molecule has 1 aliphatic heterocycles. The van der Waals surface area contributed by atoms with E-state index in [0.29, 0.717) is 17.4 Å². The van der Waals surface area contributed by atoms with Gasteiger partial charge in [0.1, 0.15) is 5.69 Å². The molecule has 1 unspecified atom stereocenters. The molecule has 1 aromatic rings. The molecule has 2 heterocycles. The molecule has 0 radical (unpaired) electrons. The highest BCUT2D eigenvalue weighted by Gasteiger charge is 2.49. The summed E-state index contributed by atoms with van der Waals surface area (Å²) in [4.78, 5) is 18.1. The van der Waals surface area contributed by atoms with E-state index in [4.69, 9.17) is 5.73 Å². The molecule has 1 aliphatic carbocycles. The van der Waals surface area contributed by atoms with Gasteiger partial charge >= 0.3 is 0 Å². The standard InChI is InChI=1S/C12H17N3O2S/c13-11-14-9(7-18-11)10(16)15-5-1-2-8(6-15)12(17)3-4-12/h7-8,17H,1-6H2,(H2,13,14). The Kier molecular flexibility index (Phi) is 2.79. The maximum Gasteiger partial charge on any atom is 0.273 e. The van der Waals surface area contributed by atoms with Gasteiger partial charge in [-0.3, -0.25) is 4.79 Å². The third-order valence-electron chi connectivity index (χ3n) is 3.97. The minimum absolute atomic E-state index is 0.0584. The first-order valence-corrected chi connectivity index (χ1v) is 7.19. The van der Waals surface area contributed by atoms with Crippen LogP contribution >= 0.6 is 11.3 Å². The van der Waals surface area contributed by atoms with Crippen molar-refractivity contribution >= 4 is 22.4 Å². The molecular weight excluding hydrogens is 250 g/mol. The van der Waals surface area contributed by atoms with Gasteiger partial charge in [-0.1, -0.05) is 0 Å². The number of nitrogen functional groups attached to an aromatic ring is 1. The number of piperidine rings is 1. The Balaban J connectivity index is 1.70. The Bertz CT molecular complexity index is 470.